The van der Waals surface area contributed by atoms with E-state index in [1.165, 1.54) is 7.11 Å². The van der Waals surface area contributed by atoms with Crippen LogP contribution in [-0.2, 0) is 9.53 Å². The summed E-state index contributed by atoms with van der Waals surface area (Å²) in [6.45, 7) is 3.71. The molecule has 6 nitrogen and oxygen atoms in total. The summed E-state index contributed by atoms with van der Waals surface area (Å²) in [5, 5.41) is 6.88. The predicted molar refractivity (Wildman–Crippen MR) is 77.4 cm³/mol. The molecule has 1 N–H and O–H groups in total. The van der Waals surface area contributed by atoms with Crippen LogP contribution in [0.1, 0.15) is 21.7 Å². The lowest BCUT2D eigenvalue weighted by Crippen LogP contribution is -2.30. The molecule has 0 unspecified atom stereocenters. The van der Waals surface area contributed by atoms with Gasteiger partial charge in [0, 0.05) is 11.3 Å². The quantitative estimate of drug-likeness (QED) is 0.862. The number of amides is 1. The molecule has 0 saturated heterocycles. The van der Waals surface area contributed by atoms with Crippen LogP contribution in [0.15, 0.2) is 30.3 Å². The standard InChI is InChI=1S/C15H17N3O3/c1-10-7-11(2)18(17-10)13-6-4-5-12(8-13)15(20)16-9-14(19)21-3/h4-8H,9H2,1-3H3,(H,16,20). The zero-order valence-corrected chi connectivity index (χ0v) is 12.2. The fraction of sp³-hybridized carbons (Fsp3) is 0.267. The van der Waals surface area contributed by atoms with Gasteiger partial charge in [0.05, 0.1) is 18.5 Å². The Morgan fingerprint density at radius 2 is 2.05 bits per heavy atom. The van der Waals surface area contributed by atoms with Crippen LogP contribution in [0.25, 0.3) is 5.69 Å². The molecule has 0 radical (unpaired) electrons. The van der Waals surface area contributed by atoms with E-state index in [-0.39, 0.29) is 12.5 Å². The van der Waals surface area contributed by atoms with E-state index in [9.17, 15) is 9.59 Å². The lowest BCUT2D eigenvalue weighted by molar-refractivity contribution is -0.139. The summed E-state index contributed by atoms with van der Waals surface area (Å²) in [5.41, 5.74) is 3.16. The van der Waals surface area contributed by atoms with Gasteiger partial charge < -0.3 is 10.1 Å². The summed E-state index contributed by atoms with van der Waals surface area (Å²) < 4.78 is 6.25. The Hall–Kier alpha value is -2.63. The zero-order chi connectivity index (χ0) is 15.4. The van der Waals surface area contributed by atoms with Crippen LogP contribution in [0.4, 0.5) is 0 Å². The lowest BCUT2D eigenvalue weighted by Gasteiger charge is -2.07. The smallest absolute Gasteiger partial charge is 0.325 e. The molecule has 1 amide bonds. The molecular formula is C15H17N3O3. The van der Waals surface area contributed by atoms with Gasteiger partial charge in [0.1, 0.15) is 6.54 Å². The summed E-state index contributed by atoms with van der Waals surface area (Å²) in [5.74, 6) is -0.818. The van der Waals surface area contributed by atoms with E-state index in [0.29, 0.717) is 5.56 Å². The van der Waals surface area contributed by atoms with Crippen molar-refractivity contribution in [3.05, 3.63) is 47.3 Å². The van der Waals surface area contributed by atoms with E-state index >= 15 is 0 Å². The molecule has 0 aliphatic heterocycles. The van der Waals surface area contributed by atoms with Crippen molar-refractivity contribution in [1.29, 1.82) is 0 Å². The molecule has 110 valence electrons. The molecule has 6 heteroatoms. The first-order valence-electron chi connectivity index (χ1n) is 6.50. The third-order valence-corrected chi connectivity index (χ3v) is 2.98. The van der Waals surface area contributed by atoms with Crippen molar-refractivity contribution in [1.82, 2.24) is 15.1 Å². The van der Waals surface area contributed by atoms with Gasteiger partial charge in [-0.05, 0) is 38.1 Å². The fourth-order valence-corrected chi connectivity index (χ4v) is 2.00. The Kier molecular flexibility index (Phi) is 4.37. The van der Waals surface area contributed by atoms with Gasteiger partial charge in [-0.25, -0.2) is 4.68 Å². The molecule has 0 saturated carbocycles. The Morgan fingerprint density at radius 3 is 2.67 bits per heavy atom. The maximum absolute atomic E-state index is 12.0. The zero-order valence-electron chi connectivity index (χ0n) is 12.2. The lowest BCUT2D eigenvalue weighted by atomic mass is 10.2. The van der Waals surface area contributed by atoms with Gasteiger partial charge >= 0.3 is 5.97 Å². The molecular weight excluding hydrogens is 270 g/mol. The maximum atomic E-state index is 12.0. The topological polar surface area (TPSA) is 73.2 Å². The Morgan fingerprint density at radius 1 is 1.29 bits per heavy atom. The van der Waals surface area contributed by atoms with Crippen LogP contribution in [-0.4, -0.2) is 35.3 Å². The van der Waals surface area contributed by atoms with Crippen molar-refractivity contribution in [2.75, 3.05) is 13.7 Å². The highest BCUT2D eigenvalue weighted by atomic mass is 16.5. The van der Waals surface area contributed by atoms with Crippen LogP contribution in [0, 0.1) is 13.8 Å². The number of carbonyl (C=O) groups excluding carboxylic acids is 2. The van der Waals surface area contributed by atoms with Crippen molar-refractivity contribution in [2.45, 2.75) is 13.8 Å². The molecule has 1 aromatic heterocycles. The number of aryl methyl sites for hydroxylation is 2. The number of rotatable bonds is 4. The normalized spacial score (nSPS) is 10.2. The minimum atomic E-state index is -0.488. The Balaban J connectivity index is 2.20. The minimum absolute atomic E-state index is 0.153. The van der Waals surface area contributed by atoms with Crippen molar-refractivity contribution >= 4 is 11.9 Å². The highest BCUT2D eigenvalue weighted by molar-refractivity contribution is 5.96. The van der Waals surface area contributed by atoms with Crippen LogP contribution >= 0.6 is 0 Å². The Labute approximate surface area is 122 Å². The predicted octanol–water partition coefficient (Wildman–Crippen LogP) is 1.39. The number of carbonyl (C=O) groups is 2. The first-order valence-corrected chi connectivity index (χ1v) is 6.50. The molecule has 0 aliphatic carbocycles. The van der Waals surface area contributed by atoms with E-state index in [1.54, 1.807) is 22.9 Å². The molecule has 1 heterocycles. The third kappa shape index (κ3) is 3.47. The summed E-state index contributed by atoms with van der Waals surface area (Å²) in [6, 6.07) is 9.02. The molecule has 0 atom stereocenters. The second-order valence-electron chi connectivity index (χ2n) is 4.65. The fourth-order valence-electron chi connectivity index (χ4n) is 2.00. The largest absolute Gasteiger partial charge is 0.468 e. The number of esters is 1. The van der Waals surface area contributed by atoms with Gasteiger partial charge in [-0.1, -0.05) is 6.07 Å². The van der Waals surface area contributed by atoms with Crippen LogP contribution < -0.4 is 5.32 Å². The second-order valence-corrected chi connectivity index (χ2v) is 4.65. The molecule has 0 fully saturated rings. The first-order chi connectivity index (χ1) is 10.0. The van der Waals surface area contributed by atoms with E-state index < -0.39 is 5.97 Å². The maximum Gasteiger partial charge on any atom is 0.325 e. The summed E-state index contributed by atoms with van der Waals surface area (Å²) >= 11 is 0. The number of methoxy groups -OCH3 is 1. The van der Waals surface area contributed by atoms with Crippen LogP contribution in [0.2, 0.25) is 0 Å². The van der Waals surface area contributed by atoms with Crippen molar-refractivity contribution in [3.63, 3.8) is 0 Å². The second kappa shape index (κ2) is 6.21. The number of nitrogens with zero attached hydrogens (tertiary/aromatic N) is 2. The minimum Gasteiger partial charge on any atom is -0.468 e. The summed E-state index contributed by atoms with van der Waals surface area (Å²) in [7, 11) is 1.28. The molecule has 2 aromatic rings. The van der Waals surface area contributed by atoms with E-state index in [0.717, 1.165) is 17.1 Å². The number of ether oxygens (including phenoxy) is 1. The highest BCUT2D eigenvalue weighted by Gasteiger charge is 2.10. The summed E-state index contributed by atoms with van der Waals surface area (Å²) in [4.78, 5) is 23.0. The molecule has 21 heavy (non-hydrogen) atoms. The number of nitrogens with one attached hydrogen (secondary N) is 1. The highest BCUT2D eigenvalue weighted by Crippen LogP contribution is 2.13. The van der Waals surface area contributed by atoms with Gasteiger partial charge in [-0.2, -0.15) is 5.10 Å². The molecule has 0 spiro atoms. The molecule has 0 bridgehead atoms. The number of hydrogen-bond acceptors (Lipinski definition) is 4. The molecule has 0 aliphatic rings. The number of hydrogen-bond donors (Lipinski definition) is 1. The van der Waals surface area contributed by atoms with Gasteiger partial charge in [0.15, 0.2) is 0 Å². The number of benzene rings is 1. The van der Waals surface area contributed by atoms with Gasteiger partial charge in [0.2, 0.25) is 0 Å². The van der Waals surface area contributed by atoms with Gasteiger partial charge in [-0.3, -0.25) is 9.59 Å². The monoisotopic (exact) mass is 287 g/mol. The molecule has 2 rings (SSSR count). The van der Waals surface area contributed by atoms with E-state index in [2.05, 4.69) is 15.2 Å². The van der Waals surface area contributed by atoms with E-state index in [1.807, 2.05) is 26.0 Å². The van der Waals surface area contributed by atoms with Crippen molar-refractivity contribution in [3.8, 4) is 5.69 Å². The van der Waals surface area contributed by atoms with Gasteiger partial charge in [-0.15, -0.1) is 0 Å². The first kappa shape index (κ1) is 14.8. The van der Waals surface area contributed by atoms with Gasteiger partial charge in [0.25, 0.3) is 5.91 Å². The average molecular weight is 287 g/mol. The van der Waals surface area contributed by atoms with Crippen LogP contribution in [0.3, 0.4) is 0 Å². The van der Waals surface area contributed by atoms with Crippen molar-refractivity contribution in [2.24, 2.45) is 0 Å². The third-order valence-electron chi connectivity index (χ3n) is 2.98. The Bertz CT molecular complexity index is 677. The van der Waals surface area contributed by atoms with Crippen molar-refractivity contribution < 1.29 is 14.3 Å². The number of aromatic nitrogens is 2. The van der Waals surface area contributed by atoms with Crippen LogP contribution in [0.5, 0.6) is 0 Å². The molecule has 1 aromatic carbocycles. The summed E-state index contributed by atoms with van der Waals surface area (Å²) in [6.07, 6.45) is 0. The SMILES string of the molecule is COC(=O)CNC(=O)c1cccc(-n2nc(C)cc2C)c1. The average Bonchev–Trinajstić information content (AvgIpc) is 2.83. The van der Waals surface area contributed by atoms with E-state index in [4.69, 9.17) is 0 Å².